The molecule has 4 aromatic rings. The maximum absolute atomic E-state index is 17.0. The number of hydrogen-bond donors (Lipinski definition) is 1. The van der Waals surface area contributed by atoms with Crippen LogP contribution < -0.4 is 15.4 Å². The third-order valence-electron chi connectivity index (χ3n) is 9.96. The van der Waals surface area contributed by atoms with Gasteiger partial charge in [-0.3, -0.25) is 9.69 Å². The first kappa shape index (κ1) is 32.4. The largest absolute Gasteiger partial charge is 0.461 e. The monoisotopic (exact) mass is 687 g/mol. The Bertz CT molecular complexity index is 1920. The van der Waals surface area contributed by atoms with Crippen molar-refractivity contribution < 1.29 is 31.5 Å². The zero-order chi connectivity index (χ0) is 34.0. The summed E-state index contributed by atoms with van der Waals surface area (Å²) in [4.78, 5) is 31.3. The number of amides is 1. The number of benzene rings is 2. The summed E-state index contributed by atoms with van der Waals surface area (Å²) >= 11 is 0.763. The molecule has 0 spiro atoms. The summed E-state index contributed by atoms with van der Waals surface area (Å²) in [5.74, 6) is -2.18. The third-order valence-corrected chi connectivity index (χ3v) is 10.9. The highest BCUT2D eigenvalue weighted by atomic mass is 32.1. The minimum Gasteiger partial charge on any atom is -0.461 e. The number of hydrogen-bond acceptors (Lipinski definition) is 9. The first-order chi connectivity index (χ1) is 22.9. The predicted octanol–water partition coefficient (Wildman–Crippen LogP) is 6.41. The number of fused-ring (bicyclic) bond motifs is 3. The van der Waals surface area contributed by atoms with Crippen LogP contribution in [0.4, 0.5) is 32.9 Å². The Morgan fingerprint density at radius 2 is 1.92 bits per heavy atom. The van der Waals surface area contributed by atoms with Gasteiger partial charge in [-0.15, -0.1) is 0 Å². The molecule has 0 bridgehead atoms. The molecular weight excluding hydrogens is 653 g/mol. The molecule has 0 radical (unpaired) electrons. The number of carbonyl (C=O) groups is 1. The van der Waals surface area contributed by atoms with E-state index < -0.39 is 28.9 Å². The van der Waals surface area contributed by atoms with Crippen LogP contribution in [-0.4, -0.2) is 81.6 Å². The van der Waals surface area contributed by atoms with Crippen molar-refractivity contribution in [1.29, 1.82) is 0 Å². The first-order valence-corrected chi connectivity index (χ1v) is 16.8. The number of nitrogens with two attached hydrogens (primary N) is 1. The molecule has 3 saturated heterocycles. The van der Waals surface area contributed by atoms with Crippen molar-refractivity contribution in [3.63, 3.8) is 0 Å². The lowest BCUT2D eigenvalue weighted by Gasteiger charge is -2.32. The second-order valence-corrected chi connectivity index (χ2v) is 13.6. The van der Waals surface area contributed by atoms with Crippen LogP contribution in [0.15, 0.2) is 30.9 Å². The molecule has 48 heavy (non-hydrogen) atoms. The van der Waals surface area contributed by atoms with E-state index in [-0.39, 0.29) is 74.3 Å². The van der Waals surface area contributed by atoms with Crippen molar-refractivity contribution in [3.8, 4) is 17.1 Å². The number of nitrogens with zero attached hydrogens (tertiary/aromatic N) is 6. The smallest absolute Gasteiger partial charge is 0.417 e. The van der Waals surface area contributed by atoms with Crippen LogP contribution in [0.3, 0.4) is 0 Å². The Kier molecular flexibility index (Phi) is 8.17. The van der Waals surface area contributed by atoms with Gasteiger partial charge in [0.2, 0.25) is 5.91 Å². The third kappa shape index (κ3) is 5.40. The minimum atomic E-state index is -5.02. The van der Waals surface area contributed by atoms with Gasteiger partial charge in [-0.1, -0.05) is 17.9 Å². The molecule has 9 nitrogen and oxygen atoms in total. The van der Waals surface area contributed by atoms with Gasteiger partial charge in [0.25, 0.3) is 0 Å². The van der Waals surface area contributed by atoms with Crippen molar-refractivity contribution in [2.75, 3.05) is 50.0 Å². The average molecular weight is 688 g/mol. The Hall–Kier alpha value is -4.11. The van der Waals surface area contributed by atoms with Crippen molar-refractivity contribution >= 4 is 49.3 Å². The molecule has 0 saturated carbocycles. The minimum absolute atomic E-state index is 0.0701. The summed E-state index contributed by atoms with van der Waals surface area (Å²) in [6.45, 7) is 8.52. The van der Waals surface area contributed by atoms with Crippen LogP contribution in [0.5, 0.6) is 6.01 Å². The van der Waals surface area contributed by atoms with Gasteiger partial charge in [0, 0.05) is 42.2 Å². The van der Waals surface area contributed by atoms with Gasteiger partial charge in [0.05, 0.1) is 21.3 Å². The van der Waals surface area contributed by atoms with Crippen molar-refractivity contribution in [1.82, 2.24) is 24.8 Å². The number of anilines is 2. The van der Waals surface area contributed by atoms with Gasteiger partial charge in [-0.2, -0.15) is 23.1 Å². The molecule has 254 valence electrons. The summed E-state index contributed by atoms with van der Waals surface area (Å²) in [5, 5.41) is -0.235. The highest BCUT2D eigenvalue weighted by Gasteiger charge is 2.45. The lowest BCUT2D eigenvalue weighted by atomic mass is 9.95. The molecule has 3 aliphatic rings. The van der Waals surface area contributed by atoms with Crippen molar-refractivity contribution in [2.45, 2.75) is 56.8 Å². The van der Waals surface area contributed by atoms with E-state index in [2.05, 4.69) is 26.4 Å². The fourth-order valence-electron chi connectivity index (χ4n) is 7.72. The van der Waals surface area contributed by atoms with E-state index in [1.807, 2.05) is 6.92 Å². The van der Waals surface area contributed by atoms with E-state index >= 15 is 4.39 Å². The second-order valence-electron chi connectivity index (χ2n) is 12.6. The predicted molar refractivity (Wildman–Crippen MR) is 174 cm³/mol. The highest BCUT2D eigenvalue weighted by molar-refractivity contribution is 7.22. The lowest BCUT2D eigenvalue weighted by Crippen LogP contribution is -2.43. The van der Waals surface area contributed by atoms with Gasteiger partial charge >= 0.3 is 12.2 Å². The first-order valence-electron chi connectivity index (χ1n) is 16.0. The summed E-state index contributed by atoms with van der Waals surface area (Å²) in [5.41, 5.74) is 2.69. The summed E-state index contributed by atoms with van der Waals surface area (Å²) in [6, 6.07) is 2.41. The molecule has 0 aliphatic carbocycles. The van der Waals surface area contributed by atoms with Gasteiger partial charge < -0.3 is 20.3 Å². The van der Waals surface area contributed by atoms with Crippen molar-refractivity contribution in [3.05, 3.63) is 48.1 Å². The number of halogens is 5. The number of rotatable bonds is 8. The SMILES string of the molecule is C=CC(=O)N1CCC(N(CC)c2nc(OCC34CCCN3CCC4)nc3c(F)c(-c4ccc(F)c5sc(N)nc45)c(C(F)(F)F)cc23)C1. The Morgan fingerprint density at radius 3 is 2.60 bits per heavy atom. The molecule has 7 rings (SSSR count). The Labute approximate surface area is 277 Å². The van der Waals surface area contributed by atoms with E-state index in [9.17, 15) is 22.4 Å². The molecule has 15 heteroatoms. The van der Waals surface area contributed by atoms with Crippen LogP contribution in [-0.2, 0) is 11.0 Å². The Balaban J connectivity index is 1.43. The normalized spacial score (nSPS) is 19.4. The van der Waals surface area contributed by atoms with Gasteiger partial charge in [-0.25, -0.2) is 13.8 Å². The second kappa shape index (κ2) is 12.1. The van der Waals surface area contributed by atoms with Gasteiger partial charge in [-0.05, 0) is 76.4 Å². The average Bonchev–Trinajstić information content (AvgIpc) is 3.85. The molecule has 1 amide bonds. The number of aromatic nitrogens is 3. The van der Waals surface area contributed by atoms with E-state index in [1.54, 1.807) is 9.80 Å². The number of ether oxygens (including phenoxy) is 1. The van der Waals surface area contributed by atoms with Crippen molar-refractivity contribution in [2.24, 2.45) is 0 Å². The zero-order valence-electron chi connectivity index (χ0n) is 26.2. The van der Waals surface area contributed by atoms with Gasteiger partial charge in [0.15, 0.2) is 10.9 Å². The van der Waals surface area contributed by atoms with E-state index in [1.165, 1.54) is 6.08 Å². The topological polar surface area (TPSA) is 101 Å². The zero-order valence-corrected chi connectivity index (χ0v) is 27.1. The molecular formula is C33H34F5N7O2S. The van der Waals surface area contributed by atoms with E-state index in [4.69, 9.17) is 10.5 Å². The number of nitrogen functional groups attached to an aromatic ring is 1. The molecule has 2 N–H and O–H groups in total. The molecule has 1 atom stereocenters. The molecule has 3 aliphatic heterocycles. The lowest BCUT2D eigenvalue weighted by molar-refractivity contribution is -0.137. The van der Waals surface area contributed by atoms with E-state index in [0.29, 0.717) is 19.5 Å². The standard InChI is InChI=1S/C33H34F5N7O2S/c1-3-23(46)43-14-9-18(16-43)45(4-2)29-20-15-21(33(36,37)38)24(19-7-8-22(34)28-27(19)40-30(39)48-28)25(35)26(20)41-31(42-29)47-17-32-10-5-12-44(32)13-6-11-32/h3,7-8,15,18H,1,4-6,9-14,16-17H2,2H3,(H2,39,40). The molecule has 2 aromatic carbocycles. The summed E-state index contributed by atoms with van der Waals surface area (Å²) < 4.78 is 82.5. The van der Waals surface area contributed by atoms with Crippen LogP contribution in [0, 0.1) is 11.6 Å². The molecule has 3 fully saturated rings. The van der Waals surface area contributed by atoms with Crippen LogP contribution in [0.2, 0.25) is 0 Å². The van der Waals surface area contributed by atoms with Crippen LogP contribution in [0.1, 0.15) is 44.6 Å². The fraction of sp³-hybridized carbons (Fsp3) is 0.455. The number of thiazole rings is 1. The number of carbonyl (C=O) groups excluding carboxylic acids is 1. The molecule has 1 unspecified atom stereocenters. The quantitative estimate of drug-likeness (QED) is 0.168. The van der Waals surface area contributed by atoms with Crippen LogP contribution in [0.25, 0.3) is 32.2 Å². The number of likely N-dealkylation sites (N-methyl/N-ethyl adjacent to an activating group) is 1. The molecule has 5 heterocycles. The number of alkyl halides is 3. The van der Waals surface area contributed by atoms with Crippen LogP contribution >= 0.6 is 11.3 Å². The Morgan fingerprint density at radius 1 is 1.17 bits per heavy atom. The maximum Gasteiger partial charge on any atom is 0.417 e. The highest BCUT2D eigenvalue weighted by Crippen LogP contribution is 2.46. The number of likely N-dealkylation sites (tertiary alicyclic amines) is 1. The van der Waals surface area contributed by atoms with Gasteiger partial charge in [0.1, 0.15) is 23.8 Å². The maximum atomic E-state index is 17.0. The fourth-order valence-corrected chi connectivity index (χ4v) is 8.49. The summed E-state index contributed by atoms with van der Waals surface area (Å²) in [7, 11) is 0. The molecule has 2 aromatic heterocycles. The van der Waals surface area contributed by atoms with E-state index in [0.717, 1.165) is 68.3 Å². The summed E-state index contributed by atoms with van der Waals surface area (Å²) in [6.07, 6.45) is 0.591.